The highest BCUT2D eigenvalue weighted by Gasteiger charge is 2.47. The molecule has 78 heavy (non-hydrogen) atoms. The maximum atomic E-state index is 13.1. The molecule has 0 aromatic rings. The fourth-order valence-corrected chi connectivity index (χ4v) is 9.53. The van der Waals surface area contributed by atoms with Gasteiger partial charge in [0.05, 0.1) is 26.4 Å². The number of carbonyl (C=O) groups is 1. The zero-order valence-electron chi connectivity index (χ0n) is 48.6. The van der Waals surface area contributed by atoms with Gasteiger partial charge in [0.1, 0.15) is 54.9 Å². The summed E-state index contributed by atoms with van der Waals surface area (Å²) >= 11 is 0. The molecule has 2 fully saturated rings. The highest BCUT2D eigenvalue weighted by Crippen LogP contribution is 2.27. The van der Waals surface area contributed by atoms with E-state index in [1.807, 2.05) is 0 Å². The number of hydrogen-bond donors (Lipinski definition) is 7. The van der Waals surface area contributed by atoms with Crippen molar-refractivity contribution in [2.75, 3.05) is 33.0 Å². The third kappa shape index (κ3) is 36.0. The lowest BCUT2D eigenvalue weighted by Gasteiger charge is -2.42. The predicted octanol–water partition coefficient (Wildman–Crippen LogP) is 11.8. The quantitative estimate of drug-likeness (QED) is 0.0172. The zero-order valence-corrected chi connectivity index (χ0v) is 48.6. The first-order valence-corrected chi connectivity index (χ1v) is 31.0. The molecule has 2 heterocycles. The minimum Gasteiger partial charge on any atom is -0.457 e. The van der Waals surface area contributed by atoms with Crippen molar-refractivity contribution in [2.45, 2.75) is 293 Å². The van der Waals surface area contributed by atoms with Crippen LogP contribution in [0.5, 0.6) is 0 Å². The van der Waals surface area contributed by atoms with Gasteiger partial charge in [-0.1, -0.05) is 228 Å². The molecule has 0 aliphatic carbocycles. The Morgan fingerprint density at radius 2 is 0.833 bits per heavy atom. The van der Waals surface area contributed by atoms with E-state index in [1.165, 1.54) is 128 Å². The molecule has 0 aromatic carbocycles. The van der Waals surface area contributed by atoms with Gasteiger partial charge in [0.25, 0.3) is 0 Å². The maximum Gasteiger partial charge on any atom is 0.306 e. The number of esters is 1. The van der Waals surface area contributed by atoms with Crippen molar-refractivity contribution < 1.29 is 69.0 Å². The second kappa shape index (κ2) is 50.2. The van der Waals surface area contributed by atoms with Crippen LogP contribution in [-0.2, 0) is 33.2 Å². The van der Waals surface area contributed by atoms with E-state index in [0.29, 0.717) is 13.0 Å². The number of carbonyl (C=O) groups excluding carboxylic acids is 1. The molecule has 0 spiro atoms. The Balaban J connectivity index is 1.71. The first-order valence-electron chi connectivity index (χ1n) is 31.0. The highest BCUT2D eigenvalue weighted by atomic mass is 16.7. The van der Waals surface area contributed by atoms with E-state index in [4.69, 9.17) is 28.4 Å². The maximum absolute atomic E-state index is 13.1. The number of aliphatic hydroxyl groups is 7. The number of unbranched alkanes of at least 4 members (excludes halogenated alkanes) is 24. The lowest BCUT2D eigenvalue weighted by Crippen LogP contribution is -2.61. The Hall–Kier alpha value is -2.57. The fraction of sp³-hybridized carbons (Fsp3) is 0.797. The summed E-state index contributed by atoms with van der Waals surface area (Å²) in [6.07, 6.45) is 48.3. The molecule has 7 N–H and O–H groups in total. The second-order valence-corrected chi connectivity index (χ2v) is 21.5. The molecule has 0 saturated carbocycles. The van der Waals surface area contributed by atoms with E-state index in [1.54, 1.807) is 0 Å². The predicted molar refractivity (Wildman–Crippen MR) is 312 cm³/mol. The van der Waals surface area contributed by atoms with E-state index in [-0.39, 0.29) is 19.6 Å². The Morgan fingerprint density at radius 1 is 0.436 bits per heavy atom. The molecule has 2 saturated heterocycles. The van der Waals surface area contributed by atoms with Crippen LogP contribution in [0.1, 0.15) is 226 Å². The van der Waals surface area contributed by atoms with Crippen LogP contribution >= 0.6 is 0 Å². The van der Waals surface area contributed by atoms with Crippen molar-refractivity contribution in [1.29, 1.82) is 0 Å². The first kappa shape index (κ1) is 71.5. The Kier molecular flexibility index (Phi) is 46.0. The van der Waals surface area contributed by atoms with Crippen molar-refractivity contribution in [2.24, 2.45) is 0 Å². The summed E-state index contributed by atoms with van der Waals surface area (Å²) in [6, 6.07) is 0. The number of hydrogen-bond acceptors (Lipinski definition) is 14. The van der Waals surface area contributed by atoms with Crippen LogP contribution in [0.15, 0.2) is 72.9 Å². The largest absolute Gasteiger partial charge is 0.457 e. The molecular weight excluding hydrogens is 993 g/mol. The summed E-state index contributed by atoms with van der Waals surface area (Å²) in [5, 5.41) is 72.4. The van der Waals surface area contributed by atoms with E-state index < -0.39 is 86.7 Å². The molecule has 2 rings (SSSR count). The van der Waals surface area contributed by atoms with Crippen LogP contribution < -0.4 is 0 Å². The minimum absolute atomic E-state index is 0.0429. The van der Waals surface area contributed by atoms with Gasteiger partial charge in [-0.25, -0.2) is 0 Å². The highest BCUT2D eigenvalue weighted by molar-refractivity contribution is 5.69. The van der Waals surface area contributed by atoms with Gasteiger partial charge >= 0.3 is 5.97 Å². The molecule has 14 heteroatoms. The number of allylic oxidation sites excluding steroid dienone is 12. The average molecular weight is 1110 g/mol. The van der Waals surface area contributed by atoms with Crippen molar-refractivity contribution in [3.8, 4) is 0 Å². The summed E-state index contributed by atoms with van der Waals surface area (Å²) in [5.74, 6) is -0.416. The molecular formula is C64H112O14. The topological polar surface area (TPSA) is 214 Å². The van der Waals surface area contributed by atoms with E-state index in [0.717, 1.165) is 70.6 Å². The van der Waals surface area contributed by atoms with Crippen molar-refractivity contribution in [3.63, 3.8) is 0 Å². The van der Waals surface area contributed by atoms with Gasteiger partial charge in [-0.3, -0.25) is 4.79 Å². The Bertz CT molecular complexity index is 1560. The summed E-state index contributed by atoms with van der Waals surface area (Å²) in [4.78, 5) is 13.1. The van der Waals surface area contributed by atoms with Gasteiger partial charge in [-0.05, 0) is 64.2 Å². The number of rotatable bonds is 50. The third-order valence-corrected chi connectivity index (χ3v) is 14.5. The summed E-state index contributed by atoms with van der Waals surface area (Å²) in [5.41, 5.74) is 0. The van der Waals surface area contributed by atoms with Crippen LogP contribution in [-0.4, -0.2) is 142 Å². The minimum atomic E-state index is -1.72. The lowest BCUT2D eigenvalue weighted by molar-refractivity contribution is -0.332. The molecule has 0 amide bonds. The standard InChI is InChI=1S/C64H112O14/c1-3-5-7-9-11-13-15-17-19-21-23-25-26-28-30-32-34-36-38-40-42-44-46-48-73-50-53(51-74-63-62(72)60(70)58(68)55(78-63)52-75-64-61(71)59(69)57(67)54(49-65)77-64)76-56(66)47-45-43-41-39-37-35-33-31-29-27-24-22-20-18-16-14-12-10-8-6-4-2/h6,8,12,14,18,20,24,27,31,33,37,39,53-55,57-65,67-72H,3-5,7,9-11,13,15-17,19,21-23,25-26,28-30,32,34-36,38,40-52H2,1-2H3/b8-6-,14-12-,20-18-,27-24-,33-31-,39-37-. The smallest absolute Gasteiger partial charge is 0.306 e. The number of ether oxygens (including phenoxy) is 6. The van der Waals surface area contributed by atoms with Crippen molar-refractivity contribution in [1.82, 2.24) is 0 Å². The Morgan fingerprint density at radius 3 is 1.28 bits per heavy atom. The van der Waals surface area contributed by atoms with Crippen molar-refractivity contribution >= 4 is 5.97 Å². The monoisotopic (exact) mass is 1100 g/mol. The van der Waals surface area contributed by atoms with Gasteiger partial charge in [0.2, 0.25) is 0 Å². The summed E-state index contributed by atoms with van der Waals surface area (Å²) in [7, 11) is 0. The number of aliphatic hydroxyl groups excluding tert-OH is 7. The van der Waals surface area contributed by atoms with Crippen LogP contribution in [0.4, 0.5) is 0 Å². The molecule has 11 unspecified atom stereocenters. The van der Waals surface area contributed by atoms with Gasteiger partial charge in [-0.15, -0.1) is 0 Å². The fourth-order valence-electron chi connectivity index (χ4n) is 9.53. The lowest BCUT2D eigenvalue weighted by atomic mass is 9.98. The molecule has 0 bridgehead atoms. The van der Waals surface area contributed by atoms with E-state index in [9.17, 15) is 40.5 Å². The molecule has 2 aliphatic rings. The average Bonchev–Trinajstić information content (AvgIpc) is 3.45. The van der Waals surface area contributed by atoms with Crippen LogP contribution in [0.25, 0.3) is 0 Å². The molecule has 0 aromatic heterocycles. The molecule has 452 valence electrons. The molecule has 2 aliphatic heterocycles. The SMILES string of the molecule is CC/C=C\C/C=C\C/C=C\C/C=C\C/C=C\C/C=C\CCCCC(=O)OC(COCCCCCCCCCCCCCCCCCCCCCCCCC)COC1OC(COC2OC(CO)C(O)C(O)C2O)C(O)C(O)C1O. The zero-order chi connectivity index (χ0) is 56.5. The van der Waals surface area contributed by atoms with Crippen molar-refractivity contribution in [3.05, 3.63) is 72.9 Å². The van der Waals surface area contributed by atoms with Gasteiger partial charge in [-0.2, -0.15) is 0 Å². The third-order valence-electron chi connectivity index (χ3n) is 14.5. The van der Waals surface area contributed by atoms with Gasteiger partial charge in [0.15, 0.2) is 12.6 Å². The molecule has 14 nitrogen and oxygen atoms in total. The van der Waals surface area contributed by atoms with Gasteiger partial charge < -0.3 is 64.2 Å². The van der Waals surface area contributed by atoms with Crippen LogP contribution in [0, 0.1) is 0 Å². The first-order chi connectivity index (χ1) is 38.1. The van der Waals surface area contributed by atoms with E-state index in [2.05, 4.69) is 86.8 Å². The summed E-state index contributed by atoms with van der Waals surface area (Å²) in [6.45, 7) is 3.55. The molecule has 0 radical (unpaired) electrons. The normalized spacial score (nSPS) is 24.6. The van der Waals surface area contributed by atoms with E-state index >= 15 is 0 Å². The van der Waals surface area contributed by atoms with Crippen LogP contribution in [0.3, 0.4) is 0 Å². The Labute approximate surface area is 472 Å². The second-order valence-electron chi connectivity index (χ2n) is 21.5. The van der Waals surface area contributed by atoms with Gasteiger partial charge in [0, 0.05) is 13.0 Å². The summed E-state index contributed by atoms with van der Waals surface area (Å²) < 4.78 is 34.4. The molecule has 11 atom stereocenters. The van der Waals surface area contributed by atoms with Crippen LogP contribution in [0.2, 0.25) is 0 Å².